The third-order valence-electron chi connectivity index (χ3n) is 1.26. The molecular weight excluding hydrogens is 160 g/mol. The van der Waals surface area contributed by atoms with Crippen LogP contribution in [0.25, 0.3) is 0 Å². The third-order valence-corrected chi connectivity index (χ3v) is 1.26. The summed E-state index contributed by atoms with van der Waals surface area (Å²) in [5.41, 5.74) is 0.165. The van der Waals surface area contributed by atoms with E-state index in [4.69, 9.17) is 9.47 Å². The standard InChI is InChI=1S/C7H8N2O3/c1-11-6-3-8-5(4-10)7(9-6)12-2/h3-4H,1-2H3. The van der Waals surface area contributed by atoms with Crippen LogP contribution in [0.4, 0.5) is 0 Å². The molecule has 0 aliphatic carbocycles. The van der Waals surface area contributed by atoms with Gasteiger partial charge < -0.3 is 9.47 Å². The molecule has 0 saturated carbocycles. The van der Waals surface area contributed by atoms with Gasteiger partial charge in [0.05, 0.1) is 20.4 Å². The Labute approximate surface area is 69.4 Å². The zero-order chi connectivity index (χ0) is 8.97. The van der Waals surface area contributed by atoms with E-state index in [-0.39, 0.29) is 11.6 Å². The van der Waals surface area contributed by atoms with Crippen molar-refractivity contribution in [2.24, 2.45) is 0 Å². The van der Waals surface area contributed by atoms with Gasteiger partial charge in [-0.15, -0.1) is 0 Å². The molecule has 0 atom stereocenters. The molecule has 0 N–H and O–H groups in total. The quantitative estimate of drug-likeness (QED) is 0.607. The summed E-state index contributed by atoms with van der Waals surface area (Å²) in [6.45, 7) is 0. The van der Waals surface area contributed by atoms with Gasteiger partial charge in [-0.1, -0.05) is 0 Å². The van der Waals surface area contributed by atoms with Crippen LogP contribution in [0.3, 0.4) is 0 Å². The minimum Gasteiger partial charge on any atom is -0.480 e. The normalized spacial score (nSPS) is 9.17. The van der Waals surface area contributed by atoms with Gasteiger partial charge in [-0.25, -0.2) is 4.98 Å². The number of aromatic nitrogens is 2. The molecule has 64 valence electrons. The van der Waals surface area contributed by atoms with Crippen molar-refractivity contribution in [2.75, 3.05) is 14.2 Å². The summed E-state index contributed by atoms with van der Waals surface area (Å²) in [5.74, 6) is 0.488. The fourth-order valence-electron chi connectivity index (χ4n) is 0.696. The minimum atomic E-state index is 0.165. The van der Waals surface area contributed by atoms with Crippen molar-refractivity contribution in [3.05, 3.63) is 11.9 Å². The third kappa shape index (κ3) is 1.50. The summed E-state index contributed by atoms with van der Waals surface area (Å²) in [6.07, 6.45) is 1.93. The molecule has 0 aliphatic heterocycles. The monoisotopic (exact) mass is 168 g/mol. The predicted molar refractivity (Wildman–Crippen MR) is 40.5 cm³/mol. The highest BCUT2D eigenvalue weighted by molar-refractivity contribution is 5.75. The lowest BCUT2D eigenvalue weighted by molar-refractivity contribution is 0.111. The zero-order valence-electron chi connectivity index (χ0n) is 6.77. The summed E-state index contributed by atoms with van der Waals surface area (Å²) in [5, 5.41) is 0. The molecule has 0 fully saturated rings. The maximum absolute atomic E-state index is 10.4. The van der Waals surface area contributed by atoms with E-state index in [1.807, 2.05) is 0 Å². The first kappa shape index (κ1) is 8.45. The minimum absolute atomic E-state index is 0.165. The molecule has 1 heterocycles. The lowest BCUT2D eigenvalue weighted by Gasteiger charge is -2.02. The second-order valence-corrected chi connectivity index (χ2v) is 1.92. The summed E-state index contributed by atoms with van der Waals surface area (Å²) >= 11 is 0. The highest BCUT2D eigenvalue weighted by atomic mass is 16.5. The van der Waals surface area contributed by atoms with Crippen LogP contribution in [-0.4, -0.2) is 30.5 Å². The van der Waals surface area contributed by atoms with Crippen LogP contribution < -0.4 is 9.47 Å². The number of rotatable bonds is 3. The van der Waals surface area contributed by atoms with E-state index in [0.717, 1.165) is 0 Å². The van der Waals surface area contributed by atoms with Gasteiger partial charge in [0.1, 0.15) is 0 Å². The van der Waals surface area contributed by atoms with E-state index in [1.54, 1.807) is 0 Å². The molecule has 0 aliphatic rings. The summed E-state index contributed by atoms with van der Waals surface area (Å²) in [6, 6.07) is 0. The Morgan fingerprint density at radius 2 is 2.17 bits per heavy atom. The smallest absolute Gasteiger partial charge is 0.246 e. The predicted octanol–water partition coefficient (Wildman–Crippen LogP) is 0.306. The SMILES string of the molecule is COc1cnc(C=O)c(OC)n1. The lowest BCUT2D eigenvalue weighted by atomic mass is 10.5. The Kier molecular flexibility index (Phi) is 2.57. The highest BCUT2D eigenvalue weighted by Gasteiger charge is 2.06. The van der Waals surface area contributed by atoms with Crippen LogP contribution in [0.15, 0.2) is 6.20 Å². The Bertz CT molecular complexity index is 288. The fourth-order valence-corrected chi connectivity index (χ4v) is 0.696. The van der Waals surface area contributed by atoms with Crippen molar-refractivity contribution >= 4 is 6.29 Å². The van der Waals surface area contributed by atoms with Crippen molar-refractivity contribution < 1.29 is 14.3 Å². The lowest BCUT2D eigenvalue weighted by Crippen LogP contribution is -1.99. The van der Waals surface area contributed by atoms with Gasteiger partial charge in [0.25, 0.3) is 0 Å². The number of methoxy groups -OCH3 is 2. The second kappa shape index (κ2) is 3.66. The highest BCUT2D eigenvalue weighted by Crippen LogP contribution is 2.14. The van der Waals surface area contributed by atoms with Crippen LogP contribution in [-0.2, 0) is 0 Å². The Hall–Kier alpha value is -1.65. The molecule has 0 saturated heterocycles. The number of carbonyl (C=O) groups excluding carboxylic acids is 1. The van der Waals surface area contributed by atoms with E-state index >= 15 is 0 Å². The van der Waals surface area contributed by atoms with Crippen LogP contribution in [0, 0.1) is 0 Å². The van der Waals surface area contributed by atoms with Crippen molar-refractivity contribution in [3.63, 3.8) is 0 Å². The molecule has 0 aromatic carbocycles. The molecule has 5 heteroatoms. The summed E-state index contributed by atoms with van der Waals surface area (Å²) in [4.78, 5) is 18.0. The maximum atomic E-state index is 10.4. The Morgan fingerprint density at radius 3 is 2.67 bits per heavy atom. The molecule has 1 aromatic rings. The topological polar surface area (TPSA) is 61.3 Å². The fraction of sp³-hybridized carbons (Fsp3) is 0.286. The first-order valence-corrected chi connectivity index (χ1v) is 3.22. The number of ether oxygens (including phenoxy) is 2. The average molecular weight is 168 g/mol. The number of aldehydes is 1. The largest absolute Gasteiger partial charge is 0.480 e. The maximum Gasteiger partial charge on any atom is 0.246 e. The molecule has 5 nitrogen and oxygen atoms in total. The van der Waals surface area contributed by atoms with Crippen molar-refractivity contribution in [1.82, 2.24) is 9.97 Å². The van der Waals surface area contributed by atoms with Gasteiger partial charge in [0.2, 0.25) is 11.8 Å². The van der Waals surface area contributed by atoms with Crippen LogP contribution >= 0.6 is 0 Å². The number of nitrogens with zero attached hydrogens (tertiary/aromatic N) is 2. The van der Waals surface area contributed by atoms with Gasteiger partial charge >= 0.3 is 0 Å². The summed E-state index contributed by atoms with van der Waals surface area (Å²) in [7, 11) is 2.88. The van der Waals surface area contributed by atoms with Gasteiger partial charge in [0.15, 0.2) is 12.0 Å². The van der Waals surface area contributed by atoms with Gasteiger partial charge in [-0.3, -0.25) is 4.79 Å². The number of carbonyl (C=O) groups is 1. The van der Waals surface area contributed by atoms with E-state index < -0.39 is 0 Å². The molecular formula is C7H8N2O3. The first-order chi connectivity index (χ1) is 5.81. The summed E-state index contributed by atoms with van der Waals surface area (Å²) < 4.78 is 9.58. The van der Waals surface area contributed by atoms with Gasteiger partial charge in [-0.2, -0.15) is 4.98 Å². The molecule has 0 radical (unpaired) electrons. The van der Waals surface area contributed by atoms with E-state index in [0.29, 0.717) is 12.2 Å². The van der Waals surface area contributed by atoms with E-state index in [2.05, 4.69) is 9.97 Å². The Morgan fingerprint density at radius 1 is 1.42 bits per heavy atom. The molecule has 12 heavy (non-hydrogen) atoms. The molecule has 0 bridgehead atoms. The molecule has 0 unspecified atom stereocenters. The van der Waals surface area contributed by atoms with Gasteiger partial charge in [0, 0.05) is 0 Å². The van der Waals surface area contributed by atoms with Crippen molar-refractivity contribution in [3.8, 4) is 11.8 Å². The van der Waals surface area contributed by atoms with E-state index in [1.165, 1.54) is 20.4 Å². The van der Waals surface area contributed by atoms with E-state index in [9.17, 15) is 4.79 Å². The number of hydrogen-bond donors (Lipinski definition) is 0. The van der Waals surface area contributed by atoms with Gasteiger partial charge in [-0.05, 0) is 0 Å². The Balaban J connectivity index is 3.10. The molecule has 1 aromatic heterocycles. The van der Waals surface area contributed by atoms with Crippen LogP contribution in [0.2, 0.25) is 0 Å². The second-order valence-electron chi connectivity index (χ2n) is 1.92. The first-order valence-electron chi connectivity index (χ1n) is 3.22. The van der Waals surface area contributed by atoms with Crippen molar-refractivity contribution in [2.45, 2.75) is 0 Å². The van der Waals surface area contributed by atoms with Crippen LogP contribution in [0.1, 0.15) is 10.5 Å². The number of hydrogen-bond acceptors (Lipinski definition) is 5. The molecule has 1 rings (SSSR count). The zero-order valence-corrected chi connectivity index (χ0v) is 6.77. The van der Waals surface area contributed by atoms with Crippen molar-refractivity contribution in [1.29, 1.82) is 0 Å². The molecule has 0 amide bonds. The molecule has 0 spiro atoms. The van der Waals surface area contributed by atoms with Crippen LogP contribution in [0.5, 0.6) is 11.8 Å². The average Bonchev–Trinajstić information content (AvgIpc) is 2.16.